The highest BCUT2D eigenvalue weighted by Gasteiger charge is 2.24. The highest BCUT2D eigenvalue weighted by Crippen LogP contribution is 2.19. The number of benzene rings is 2. The highest BCUT2D eigenvalue weighted by atomic mass is 16.2. The van der Waals surface area contributed by atoms with E-state index < -0.39 is 0 Å². The van der Waals surface area contributed by atoms with E-state index >= 15 is 0 Å². The molecule has 1 heterocycles. The first-order chi connectivity index (χ1) is 10.8. The van der Waals surface area contributed by atoms with Gasteiger partial charge in [-0.05, 0) is 42.0 Å². The maximum Gasteiger partial charge on any atom is 0.223 e. The molecule has 0 aliphatic carbocycles. The molecule has 1 fully saturated rings. The maximum atomic E-state index is 12.5. The van der Waals surface area contributed by atoms with Crippen molar-refractivity contribution < 1.29 is 4.79 Å². The van der Waals surface area contributed by atoms with E-state index in [9.17, 15) is 4.79 Å². The third kappa shape index (κ3) is 3.30. The van der Waals surface area contributed by atoms with Gasteiger partial charge in [0.1, 0.15) is 0 Å². The van der Waals surface area contributed by atoms with E-state index in [0.717, 1.165) is 25.8 Å². The summed E-state index contributed by atoms with van der Waals surface area (Å²) < 4.78 is 0. The second kappa shape index (κ2) is 6.93. The predicted octanol–water partition coefficient (Wildman–Crippen LogP) is 3.11. The number of hydrogen-bond acceptors (Lipinski definition) is 2. The van der Waals surface area contributed by atoms with Crippen LogP contribution in [-0.4, -0.2) is 29.9 Å². The Hall–Kier alpha value is -1.87. The molecule has 0 spiro atoms. The second-order valence-electron chi connectivity index (χ2n) is 6.15. The molecular weight excluding hydrogens is 272 g/mol. The summed E-state index contributed by atoms with van der Waals surface area (Å²) in [5, 5.41) is 2.49. The van der Waals surface area contributed by atoms with E-state index in [1.807, 2.05) is 4.90 Å². The molecule has 22 heavy (non-hydrogen) atoms. The number of likely N-dealkylation sites (tertiary alicyclic amines) is 1. The fourth-order valence-corrected chi connectivity index (χ4v) is 3.36. The lowest BCUT2D eigenvalue weighted by Crippen LogP contribution is -2.47. The Kier molecular flexibility index (Phi) is 4.74. The van der Waals surface area contributed by atoms with Gasteiger partial charge in [0.05, 0.1) is 0 Å². The summed E-state index contributed by atoms with van der Waals surface area (Å²) in [5.74, 6) is 0.253. The van der Waals surface area contributed by atoms with Crippen LogP contribution >= 0.6 is 0 Å². The van der Waals surface area contributed by atoms with Crippen molar-refractivity contribution in [3.05, 3.63) is 48.0 Å². The smallest absolute Gasteiger partial charge is 0.223 e. The number of nitrogens with two attached hydrogens (primary N) is 1. The van der Waals surface area contributed by atoms with E-state index in [0.29, 0.717) is 13.0 Å². The monoisotopic (exact) mass is 296 g/mol. The van der Waals surface area contributed by atoms with E-state index in [4.69, 9.17) is 5.73 Å². The van der Waals surface area contributed by atoms with Gasteiger partial charge in [0.2, 0.25) is 5.91 Å². The van der Waals surface area contributed by atoms with Crippen molar-refractivity contribution >= 4 is 16.7 Å². The van der Waals surface area contributed by atoms with Crippen molar-refractivity contribution in [1.29, 1.82) is 0 Å². The van der Waals surface area contributed by atoms with E-state index in [2.05, 4.69) is 42.5 Å². The number of carbonyl (C=O) groups excluding carboxylic acids is 1. The predicted molar refractivity (Wildman–Crippen MR) is 90.7 cm³/mol. The van der Waals surface area contributed by atoms with Crippen molar-refractivity contribution in [2.75, 3.05) is 13.1 Å². The molecule has 1 aliphatic heterocycles. The number of hydrogen-bond donors (Lipinski definition) is 1. The zero-order valence-corrected chi connectivity index (χ0v) is 13.0. The molecule has 0 radical (unpaired) electrons. The molecule has 1 unspecified atom stereocenters. The van der Waals surface area contributed by atoms with Gasteiger partial charge in [-0.2, -0.15) is 0 Å². The first-order valence-corrected chi connectivity index (χ1v) is 8.25. The molecule has 2 N–H and O–H groups in total. The van der Waals surface area contributed by atoms with E-state index in [1.165, 1.54) is 22.8 Å². The molecule has 0 aromatic heterocycles. The van der Waals surface area contributed by atoms with Crippen molar-refractivity contribution in [2.45, 2.75) is 38.1 Å². The van der Waals surface area contributed by atoms with Crippen LogP contribution in [0.25, 0.3) is 10.8 Å². The van der Waals surface area contributed by atoms with Gasteiger partial charge in [-0.25, -0.2) is 0 Å². The van der Waals surface area contributed by atoms with Crippen LogP contribution in [0.4, 0.5) is 0 Å². The van der Waals surface area contributed by atoms with Crippen LogP contribution in [0.15, 0.2) is 42.5 Å². The molecule has 1 amide bonds. The van der Waals surface area contributed by atoms with Gasteiger partial charge in [0, 0.05) is 25.6 Å². The van der Waals surface area contributed by atoms with Gasteiger partial charge in [0.15, 0.2) is 0 Å². The molecule has 3 rings (SSSR count). The van der Waals surface area contributed by atoms with Gasteiger partial charge < -0.3 is 10.6 Å². The van der Waals surface area contributed by atoms with Crippen LogP contribution in [0, 0.1) is 0 Å². The molecule has 1 saturated heterocycles. The molecule has 1 atom stereocenters. The van der Waals surface area contributed by atoms with Crippen LogP contribution in [-0.2, 0) is 11.2 Å². The second-order valence-corrected chi connectivity index (χ2v) is 6.15. The quantitative estimate of drug-likeness (QED) is 0.942. The van der Waals surface area contributed by atoms with Gasteiger partial charge in [-0.3, -0.25) is 4.79 Å². The topological polar surface area (TPSA) is 46.3 Å². The first-order valence-electron chi connectivity index (χ1n) is 8.25. The van der Waals surface area contributed by atoms with Crippen LogP contribution < -0.4 is 5.73 Å². The normalized spacial score (nSPS) is 18.6. The molecule has 1 aliphatic rings. The van der Waals surface area contributed by atoms with Crippen LogP contribution in [0.5, 0.6) is 0 Å². The fourth-order valence-electron chi connectivity index (χ4n) is 3.36. The number of rotatable bonds is 4. The number of piperidine rings is 1. The summed E-state index contributed by atoms with van der Waals surface area (Å²) in [7, 11) is 0. The minimum Gasteiger partial charge on any atom is -0.338 e. The van der Waals surface area contributed by atoms with Crippen molar-refractivity contribution in [2.24, 2.45) is 5.73 Å². The first kappa shape index (κ1) is 15.0. The molecule has 3 heteroatoms. The lowest BCUT2D eigenvalue weighted by atomic mass is 10.00. The fraction of sp³-hybridized carbons (Fsp3) is 0.421. The minimum absolute atomic E-state index is 0.248. The van der Waals surface area contributed by atoms with Crippen molar-refractivity contribution in [3.8, 4) is 0 Å². The average Bonchev–Trinajstić information content (AvgIpc) is 2.59. The standard InChI is InChI=1S/C19H24N2O/c20-14-18-7-3-4-12-21(18)19(22)11-9-15-8-10-16-5-1-2-6-17(16)13-15/h1-2,5-6,8,10,13,18H,3-4,7,9,11-12,14,20H2. The Morgan fingerprint density at radius 1 is 1.14 bits per heavy atom. The Morgan fingerprint density at radius 2 is 1.95 bits per heavy atom. The number of carbonyl (C=O) groups is 1. The minimum atomic E-state index is 0.248. The highest BCUT2D eigenvalue weighted by molar-refractivity contribution is 5.83. The zero-order chi connectivity index (χ0) is 15.4. The summed E-state index contributed by atoms with van der Waals surface area (Å²) >= 11 is 0. The summed E-state index contributed by atoms with van der Waals surface area (Å²) in [6.07, 6.45) is 4.74. The Labute approximate surface area is 132 Å². The Morgan fingerprint density at radius 3 is 2.77 bits per heavy atom. The van der Waals surface area contributed by atoms with Gasteiger partial charge in [-0.1, -0.05) is 42.5 Å². The van der Waals surface area contributed by atoms with Crippen molar-refractivity contribution in [1.82, 2.24) is 4.90 Å². The number of aryl methyl sites for hydroxylation is 1. The molecule has 0 bridgehead atoms. The molecule has 0 saturated carbocycles. The molecule has 2 aromatic carbocycles. The number of amides is 1. The number of fused-ring (bicyclic) bond motifs is 1. The van der Waals surface area contributed by atoms with Gasteiger partial charge in [0.25, 0.3) is 0 Å². The Balaban J connectivity index is 1.64. The van der Waals surface area contributed by atoms with Crippen LogP contribution in [0.2, 0.25) is 0 Å². The molecule has 116 valence electrons. The van der Waals surface area contributed by atoms with Gasteiger partial charge >= 0.3 is 0 Å². The van der Waals surface area contributed by atoms with E-state index in [1.54, 1.807) is 0 Å². The third-order valence-corrected chi connectivity index (χ3v) is 4.66. The van der Waals surface area contributed by atoms with Crippen molar-refractivity contribution in [3.63, 3.8) is 0 Å². The maximum absolute atomic E-state index is 12.5. The SMILES string of the molecule is NCC1CCCCN1C(=O)CCc1ccc2ccccc2c1. The van der Waals surface area contributed by atoms with Crippen LogP contribution in [0.1, 0.15) is 31.2 Å². The van der Waals surface area contributed by atoms with Gasteiger partial charge in [-0.15, -0.1) is 0 Å². The zero-order valence-electron chi connectivity index (χ0n) is 13.0. The third-order valence-electron chi connectivity index (χ3n) is 4.66. The average molecular weight is 296 g/mol. The lowest BCUT2D eigenvalue weighted by molar-refractivity contribution is -0.134. The van der Waals surface area contributed by atoms with E-state index in [-0.39, 0.29) is 11.9 Å². The Bertz CT molecular complexity index is 653. The summed E-state index contributed by atoms with van der Waals surface area (Å²) in [5.41, 5.74) is 7.04. The summed E-state index contributed by atoms with van der Waals surface area (Å²) in [4.78, 5) is 14.5. The number of nitrogens with zero attached hydrogens (tertiary/aromatic N) is 1. The molecule has 2 aromatic rings. The van der Waals surface area contributed by atoms with Crippen LogP contribution in [0.3, 0.4) is 0 Å². The largest absolute Gasteiger partial charge is 0.338 e. The lowest BCUT2D eigenvalue weighted by Gasteiger charge is -2.35. The molecule has 3 nitrogen and oxygen atoms in total. The summed E-state index contributed by atoms with van der Waals surface area (Å²) in [6, 6.07) is 15.0. The summed E-state index contributed by atoms with van der Waals surface area (Å²) in [6.45, 7) is 1.46. The molecular formula is C19H24N2O.